The number of hydrogen-bond donors (Lipinski definition) is 2. The van der Waals surface area contributed by atoms with Gasteiger partial charge >= 0.3 is 7.69 Å². The summed E-state index contributed by atoms with van der Waals surface area (Å²) in [5.74, 6) is 0. The summed E-state index contributed by atoms with van der Waals surface area (Å²) in [4.78, 5) is 0. The second-order valence-electron chi connectivity index (χ2n) is 2.20. The average molecular weight is 151 g/mol. The smallest absolute Gasteiger partial charge is 0.429 e. The highest BCUT2D eigenvalue weighted by molar-refractivity contribution is 6.13. The summed E-state index contributed by atoms with van der Waals surface area (Å²) in [5, 5.41) is 14.0. The molecule has 3 heteroatoms. The van der Waals surface area contributed by atoms with Crippen molar-refractivity contribution in [1.29, 1.82) is 0 Å². The third kappa shape index (κ3) is 4.59. The second-order valence-corrected chi connectivity index (χ2v) is 2.20. The molecule has 0 unspecified atom stereocenters. The number of rotatable bonds is 0. The molecule has 11 heavy (non-hydrogen) atoms. The molecule has 0 heterocycles. The topological polar surface area (TPSA) is 40.5 Å². The molecule has 0 fully saturated rings. The van der Waals surface area contributed by atoms with Crippen molar-refractivity contribution in [3.8, 4) is 0 Å². The normalized spacial score (nSPS) is 8.00. The largest absolute Gasteiger partial charge is 0.482 e. The van der Waals surface area contributed by atoms with Crippen LogP contribution >= 0.6 is 0 Å². The highest BCUT2D eigenvalue weighted by Crippen LogP contribution is 2.02. The molecule has 0 saturated carbocycles. The molecule has 1 rings (SSSR count). The van der Waals surface area contributed by atoms with Gasteiger partial charge in [0.05, 0.1) is 0 Å². The molecule has 0 amide bonds. The molecule has 0 aliphatic rings. The highest BCUT2D eigenvalue weighted by Gasteiger charge is 1.83. The summed E-state index contributed by atoms with van der Waals surface area (Å²) in [7, 11) is 0. The first-order valence-electron chi connectivity index (χ1n) is 3.34. The maximum atomic E-state index is 7.00. The maximum Gasteiger partial charge on any atom is 0.482 e. The van der Waals surface area contributed by atoms with E-state index in [9.17, 15) is 0 Å². The van der Waals surface area contributed by atoms with Crippen molar-refractivity contribution < 1.29 is 10.0 Å². The third-order valence-corrected chi connectivity index (χ3v) is 1.43. The molecule has 1 aromatic rings. The molecule has 2 nitrogen and oxygen atoms in total. The molecular weight excluding hydrogens is 139 g/mol. The molecule has 0 aromatic heterocycles. The maximum absolute atomic E-state index is 7.00. The quantitative estimate of drug-likeness (QED) is 0.538. The van der Waals surface area contributed by atoms with Crippen LogP contribution in [0.4, 0.5) is 0 Å². The molecule has 0 aliphatic carbocycles. The van der Waals surface area contributed by atoms with E-state index in [0.29, 0.717) is 0 Å². The Balaban J connectivity index is 0.000000292. The fraction of sp³-hybridized carbons (Fsp3) is 0.250. The van der Waals surface area contributed by atoms with E-state index in [4.69, 9.17) is 10.0 Å². The zero-order chi connectivity index (χ0) is 8.69. The Bertz CT molecular complexity index is 180. The Hall–Kier alpha value is -0.795. The minimum atomic E-state index is 0. The van der Waals surface area contributed by atoms with E-state index in [0.717, 1.165) is 0 Å². The van der Waals surface area contributed by atoms with Gasteiger partial charge in [-0.2, -0.15) is 0 Å². The minimum absolute atomic E-state index is 0. The molecule has 1 aromatic carbocycles. The van der Waals surface area contributed by atoms with Crippen LogP contribution in [0.25, 0.3) is 0 Å². The van der Waals surface area contributed by atoms with E-state index in [1.807, 2.05) is 0 Å². The van der Waals surface area contributed by atoms with Crippen LogP contribution in [-0.4, -0.2) is 17.7 Å². The van der Waals surface area contributed by atoms with E-state index in [1.165, 1.54) is 11.1 Å². The van der Waals surface area contributed by atoms with Crippen molar-refractivity contribution in [2.75, 3.05) is 0 Å². The SMILES string of the molecule is Cc1ccccc1C.O[B]O. The summed E-state index contributed by atoms with van der Waals surface area (Å²) in [6, 6.07) is 8.36. The molecule has 59 valence electrons. The van der Waals surface area contributed by atoms with Gasteiger partial charge in [0.15, 0.2) is 0 Å². The third-order valence-electron chi connectivity index (χ3n) is 1.43. The molecule has 0 bridgehead atoms. The number of hydrogen-bond acceptors (Lipinski definition) is 2. The lowest BCUT2D eigenvalue weighted by atomic mass is 10.1. The van der Waals surface area contributed by atoms with Crippen molar-refractivity contribution in [1.82, 2.24) is 0 Å². The summed E-state index contributed by atoms with van der Waals surface area (Å²) in [6.07, 6.45) is 0. The predicted octanol–water partition coefficient (Wildman–Crippen LogP) is 0.809. The Morgan fingerprint density at radius 3 is 1.45 bits per heavy atom. The first-order chi connectivity index (χ1) is 5.22. The van der Waals surface area contributed by atoms with E-state index >= 15 is 0 Å². The van der Waals surface area contributed by atoms with Gasteiger partial charge in [0.25, 0.3) is 0 Å². The first-order valence-corrected chi connectivity index (χ1v) is 3.34. The van der Waals surface area contributed by atoms with Gasteiger partial charge in [0.1, 0.15) is 0 Å². The van der Waals surface area contributed by atoms with Crippen molar-refractivity contribution in [3.05, 3.63) is 35.4 Å². The monoisotopic (exact) mass is 151 g/mol. The number of benzene rings is 1. The van der Waals surface area contributed by atoms with Crippen molar-refractivity contribution in [3.63, 3.8) is 0 Å². The predicted molar refractivity (Wildman–Crippen MR) is 46.1 cm³/mol. The van der Waals surface area contributed by atoms with Gasteiger partial charge in [0, 0.05) is 0 Å². The molecular formula is C8H12BO2. The first kappa shape index (κ1) is 10.2. The van der Waals surface area contributed by atoms with Crippen LogP contribution in [0.15, 0.2) is 24.3 Å². The van der Waals surface area contributed by atoms with Gasteiger partial charge in [-0.15, -0.1) is 0 Å². The Morgan fingerprint density at radius 2 is 1.27 bits per heavy atom. The lowest BCUT2D eigenvalue weighted by molar-refractivity contribution is 0.448. The van der Waals surface area contributed by atoms with Crippen LogP contribution < -0.4 is 0 Å². The van der Waals surface area contributed by atoms with E-state index in [1.54, 1.807) is 0 Å². The summed E-state index contributed by atoms with van der Waals surface area (Å²) in [5.41, 5.74) is 2.74. The molecule has 0 atom stereocenters. The van der Waals surface area contributed by atoms with Crippen LogP contribution in [0, 0.1) is 13.8 Å². The van der Waals surface area contributed by atoms with Crippen molar-refractivity contribution in [2.24, 2.45) is 0 Å². The lowest BCUT2D eigenvalue weighted by Crippen LogP contribution is -1.75. The van der Waals surface area contributed by atoms with E-state index < -0.39 is 0 Å². The van der Waals surface area contributed by atoms with E-state index in [-0.39, 0.29) is 7.69 Å². The molecule has 0 spiro atoms. The van der Waals surface area contributed by atoms with Gasteiger partial charge in [-0.05, 0) is 25.0 Å². The van der Waals surface area contributed by atoms with Gasteiger partial charge in [-0.1, -0.05) is 24.3 Å². The van der Waals surface area contributed by atoms with Gasteiger partial charge in [0.2, 0.25) is 0 Å². The number of aryl methyl sites for hydroxylation is 2. The van der Waals surface area contributed by atoms with Crippen LogP contribution in [0.1, 0.15) is 11.1 Å². The summed E-state index contributed by atoms with van der Waals surface area (Å²) in [6.45, 7) is 4.24. The summed E-state index contributed by atoms with van der Waals surface area (Å²) < 4.78 is 0. The van der Waals surface area contributed by atoms with E-state index in [2.05, 4.69) is 38.1 Å². The van der Waals surface area contributed by atoms with Gasteiger partial charge in [-0.3, -0.25) is 0 Å². The minimum Gasteiger partial charge on any atom is -0.429 e. The second kappa shape index (κ2) is 5.95. The van der Waals surface area contributed by atoms with Crippen LogP contribution in [0.3, 0.4) is 0 Å². The van der Waals surface area contributed by atoms with Crippen LogP contribution in [0.5, 0.6) is 0 Å². The molecule has 1 radical (unpaired) electrons. The standard InChI is InChI=1S/C8H10.BH2O2/c1-7-5-3-4-6-8(7)2;2-1-3/h3-6H,1-2H3;2-3H. The van der Waals surface area contributed by atoms with Crippen LogP contribution in [0.2, 0.25) is 0 Å². The Labute approximate surface area is 67.8 Å². The highest BCUT2D eigenvalue weighted by atomic mass is 16.4. The van der Waals surface area contributed by atoms with Gasteiger partial charge in [-0.25, -0.2) is 0 Å². The Morgan fingerprint density at radius 1 is 1.00 bits per heavy atom. The average Bonchev–Trinajstić information content (AvgIpc) is 1.97. The van der Waals surface area contributed by atoms with Crippen LogP contribution in [-0.2, 0) is 0 Å². The zero-order valence-corrected chi connectivity index (χ0v) is 6.78. The lowest BCUT2D eigenvalue weighted by Gasteiger charge is -1.93. The van der Waals surface area contributed by atoms with Crippen molar-refractivity contribution >= 4 is 7.69 Å². The van der Waals surface area contributed by atoms with Gasteiger partial charge < -0.3 is 10.0 Å². The fourth-order valence-corrected chi connectivity index (χ4v) is 0.663. The van der Waals surface area contributed by atoms with Crippen molar-refractivity contribution in [2.45, 2.75) is 13.8 Å². The zero-order valence-electron chi connectivity index (χ0n) is 6.78. The molecule has 2 N–H and O–H groups in total. The molecule has 0 aliphatic heterocycles. The summed E-state index contributed by atoms with van der Waals surface area (Å²) >= 11 is 0. The Kier molecular flexibility index (Phi) is 5.52. The molecule has 0 saturated heterocycles. The fourth-order valence-electron chi connectivity index (χ4n) is 0.663.